The van der Waals surface area contributed by atoms with Crippen LogP contribution in [0.4, 0.5) is 0 Å². The first-order chi connectivity index (χ1) is 7.18. The predicted molar refractivity (Wildman–Crippen MR) is 61.7 cm³/mol. The van der Waals surface area contributed by atoms with Gasteiger partial charge >= 0.3 is 0 Å². The van der Waals surface area contributed by atoms with Crippen molar-refractivity contribution < 1.29 is 4.79 Å². The van der Waals surface area contributed by atoms with Crippen LogP contribution in [0.25, 0.3) is 0 Å². The second kappa shape index (κ2) is 4.65. The average molecular weight is 209 g/mol. The summed E-state index contributed by atoms with van der Waals surface area (Å²) < 4.78 is 0. The van der Waals surface area contributed by atoms with Gasteiger partial charge in [-0.05, 0) is 44.6 Å². The molecule has 1 heterocycles. The molecule has 2 nitrogen and oxygen atoms in total. The molecule has 0 bridgehead atoms. The lowest BCUT2D eigenvalue weighted by Gasteiger charge is -2.24. The van der Waals surface area contributed by atoms with E-state index in [9.17, 15) is 4.79 Å². The molecule has 0 aromatic heterocycles. The summed E-state index contributed by atoms with van der Waals surface area (Å²) in [7, 11) is 0. The summed E-state index contributed by atoms with van der Waals surface area (Å²) in [6, 6.07) is 0.487. The molecule has 1 saturated carbocycles. The van der Waals surface area contributed by atoms with Crippen molar-refractivity contribution in [2.45, 2.75) is 52.0 Å². The van der Waals surface area contributed by atoms with Gasteiger partial charge in [-0.1, -0.05) is 13.8 Å². The molecule has 2 aliphatic rings. The average Bonchev–Trinajstić information content (AvgIpc) is 2.90. The molecule has 1 saturated heterocycles. The summed E-state index contributed by atoms with van der Waals surface area (Å²) in [6.07, 6.45) is 5.83. The molecule has 15 heavy (non-hydrogen) atoms. The molecule has 2 fully saturated rings. The fraction of sp³-hybridized carbons (Fsp3) is 0.923. The number of carbonyl (C=O) groups excluding carboxylic acids is 1. The standard InChI is InChI=1S/C13H23NO/c1-9(2)8-11(12-4-3-7-14-12)13(15)10-5-6-10/h9-12,14H,3-8H2,1-2H3. The molecule has 2 unspecified atom stereocenters. The molecule has 2 heteroatoms. The zero-order chi connectivity index (χ0) is 10.8. The Morgan fingerprint density at radius 2 is 2.07 bits per heavy atom. The van der Waals surface area contributed by atoms with Crippen molar-refractivity contribution in [2.24, 2.45) is 17.8 Å². The number of hydrogen-bond acceptors (Lipinski definition) is 2. The fourth-order valence-corrected chi connectivity index (χ4v) is 2.71. The minimum Gasteiger partial charge on any atom is -0.313 e. The van der Waals surface area contributed by atoms with E-state index in [0.717, 1.165) is 25.8 Å². The number of hydrogen-bond donors (Lipinski definition) is 1. The number of ketones is 1. The first kappa shape index (κ1) is 11.1. The zero-order valence-electron chi connectivity index (χ0n) is 9.96. The summed E-state index contributed by atoms with van der Waals surface area (Å²) in [4.78, 5) is 12.2. The van der Waals surface area contributed by atoms with Gasteiger partial charge in [0.2, 0.25) is 0 Å². The summed E-state index contributed by atoms with van der Waals surface area (Å²) in [5.74, 6) is 1.93. The molecule has 0 aromatic carbocycles. The third-order valence-corrected chi connectivity index (χ3v) is 3.65. The van der Waals surface area contributed by atoms with Crippen molar-refractivity contribution in [2.75, 3.05) is 6.54 Å². The van der Waals surface area contributed by atoms with Crippen molar-refractivity contribution in [3.8, 4) is 0 Å². The fourth-order valence-electron chi connectivity index (χ4n) is 2.71. The van der Waals surface area contributed by atoms with Gasteiger partial charge in [0.1, 0.15) is 5.78 Å². The van der Waals surface area contributed by atoms with Crippen LogP contribution in [0, 0.1) is 17.8 Å². The van der Waals surface area contributed by atoms with Crippen molar-refractivity contribution in [1.82, 2.24) is 5.32 Å². The van der Waals surface area contributed by atoms with Crippen LogP contribution in [0.15, 0.2) is 0 Å². The van der Waals surface area contributed by atoms with Crippen LogP contribution < -0.4 is 5.32 Å². The Morgan fingerprint density at radius 3 is 2.53 bits per heavy atom. The molecule has 1 N–H and O–H groups in total. The van der Waals surface area contributed by atoms with Crippen LogP contribution in [-0.2, 0) is 4.79 Å². The Kier molecular flexibility index (Phi) is 3.45. The topological polar surface area (TPSA) is 29.1 Å². The monoisotopic (exact) mass is 209 g/mol. The molecule has 1 aliphatic carbocycles. The van der Waals surface area contributed by atoms with Crippen LogP contribution in [-0.4, -0.2) is 18.4 Å². The lowest BCUT2D eigenvalue weighted by molar-refractivity contribution is -0.125. The molecule has 0 amide bonds. The normalized spacial score (nSPS) is 28.3. The Hall–Kier alpha value is -0.370. The van der Waals surface area contributed by atoms with Gasteiger partial charge in [-0.15, -0.1) is 0 Å². The maximum atomic E-state index is 12.2. The first-order valence-electron chi connectivity index (χ1n) is 6.45. The van der Waals surface area contributed by atoms with Crippen molar-refractivity contribution in [1.29, 1.82) is 0 Å². The molecule has 0 aromatic rings. The molecular formula is C13H23NO. The lowest BCUT2D eigenvalue weighted by Crippen LogP contribution is -2.37. The van der Waals surface area contributed by atoms with Gasteiger partial charge in [0.15, 0.2) is 0 Å². The zero-order valence-corrected chi connectivity index (χ0v) is 9.96. The van der Waals surface area contributed by atoms with Gasteiger partial charge in [0.05, 0.1) is 0 Å². The van der Waals surface area contributed by atoms with Gasteiger partial charge in [-0.2, -0.15) is 0 Å². The van der Waals surface area contributed by atoms with Crippen molar-refractivity contribution in [3.05, 3.63) is 0 Å². The van der Waals surface area contributed by atoms with E-state index in [0.29, 0.717) is 29.6 Å². The molecule has 0 radical (unpaired) electrons. The van der Waals surface area contributed by atoms with E-state index in [1.807, 2.05) is 0 Å². The third kappa shape index (κ3) is 2.81. The summed E-state index contributed by atoms with van der Waals surface area (Å²) in [5, 5.41) is 3.50. The highest BCUT2D eigenvalue weighted by Gasteiger charge is 2.39. The Morgan fingerprint density at radius 1 is 1.33 bits per heavy atom. The van der Waals surface area contributed by atoms with Crippen LogP contribution in [0.3, 0.4) is 0 Å². The van der Waals surface area contributed by atoms with E-state index in [1.165, 1.54) is 12.8 Å². The van der Waals surface area contributed by atoms with Gasteiger partial charge in [-0.3, -0.25) is 4.79 Å². The highest BCUT2D eigenvalue weighted by Crippen LogP contribution is 2.36. The number of Topliss-reactive ketones (excluding diaryl/α,β-unsaturated/α-hetero) is 1. The van der Waals surface area contributed by atoms with Crippen LogP contribution in [0.5, 0.6) is 0 Å². The Bertz CT molecular complexity index is 227. The van der Waals surface area contributed by atoms with Crippen molar-refractivity contribution in [3.63, 3.8) is 0 Å². The molecule has 86 valence electrons. The maximum Gasteiger partial charge on any atom is 0.140 e. The molecule has 1 aliphatic heterocycles. The Balaban J connectivity index is 1.97. The van der Waals surface area contributed by atoms with E-state index in [4.69, 9.17) is 0 Å². The van der Waals surface area contributed by atoms with Gasteiger partial charge in [-0.25, -0.2) is 0 Å². The number of rotatable bonds is 5. The molecule has 2 rings (SSSR count). The number of carbonyl (C=O) groups is 1. The van der Waals surface area contributed by atoms with E-state index in [-0.39, 0.29) is 0 Å². The van der Waals surface area contributed by atoms with Crippen molar-refractivity contribution >= 4 is 5.78 Å². The van der Waals surface area contributed by atoms with Crippen LogP contribution >= 0.6 is 0 Å². The summed E-state index contributed by atoms with van der Waals surface area (Å²) in [5.41, 5.74) is 0. The van der Waals surface area contributed by atoms with Crippen LogP contribution in [0.1, 0.15) is 46.0 Å². The minimum atomic E-state index is 0.306. The molecule has 2 atom stereocenters. The maximum absolute atomic E-state index is 12.2. The van der Waals surface area contributed by atoms with E-state index in [1.54, 1.807) is 0 Å². The van der Waals surface area contributed by atoms with Crippen LogP contribution in [0.2, 0.25) is 0 Å². The second-order valence-electron chi connectivity index (χ2n) is 5.62. The number of nitrogens with one attached hydrogen (secondary N) is 1. The second-order valence-corrected chi connectivity index (χ2v) is 5.62. The minimum absolute atomic E-state index is 0.306. The highest BCUT2D eigenvalue weighted by molar-refractivity contribution is 5.86. The summed E-state index contributed by atoms with van der Waals surface area (Å²) in [6.45, 7) is 5.56. The van der Waals surface area contributed by atoms with Gasteiger partial charge < -0.3 is 5.32 Å². The molecular weight excluding hydrogens is 186 g/mol. The van der Waals surface area contributed by atoms with E-state index < -0.39 is 0 Å². The van der Waals surface area contributed by atoms with Gasteiger partial charge in [0, 0.05) is 17.9 Å². The first-order valence-corrected chi connectivity index (χ1v) is 6.45. The SMILES string of the molecule is CC(C)CC(C(=O)C1CC1)C1CCCN1. The molecule has 0 spiro atoms. The third-order valence-electron chi connectivity index (χ3n) is 3.65. The summed E-state index contributed by atoms with van der Waals surface area (Å²) >= 11 is 0. The van der Waals surface area contributed by atoms with Gasteiger partial charge in [0.25, 0.3) is 0 Å². The lowest BCUT2D eigenvalue weighted by atomic mass is 9.84. The quantitative estimate of drug-likeness (QED) is 0.753. The smallest absolute Gasteiger partial charge is 0.140 e. The Labute approximate surface area is 92.8 Å². The highest BCUT2D eigenvalue weighted by atomic mass is 16.1. The van der Waals surface area contributed by atoms with E-state index >= 15 is 0 Å². The predicted octanol–water partition coefficient (Wildman–Crippen LogP) is 2.38. The van der Waals surface area contributed by atoms with E-state index in [2.05, 4.69) is 19.2 Å². The largest absolute Gasteiger partial charge is 0.313 e.